The molecule has 1 N–H and O–H groups in total. The molecule has 0 saturated heterocycles. The van der Waals surface area contributed by atoms with Crippen LogP contribution in [-0.2, 0) is 4.79 Å². The Kier molecular flexibility index (Phi) is 16.3. The van der Waals surface area contributed by atoms with Gasteiger partial charge in [0.15, 0.2) is 0 Å². The second-order valence-electron chi connectivity index (χ2n) is 4.41. The number of unbranched alkanes of at least 4 members (excludes halogenated alkanes) is 9. The van der Waals surface area contributed by atoms with Gasteiger partial charge in [0, 0.05) is 60.5 Å². The number of rotatable bonds is 12. The predicted octanol–water partition coefficient (Wildman–Crippen LogP) is 4.39. The summed E-state index contributed by atoms with van der Waals surface area (Å²) in [6.07, 6.45) is 9.87. The SMILES string of the molecule is [2H]C([2H])(CCCCCCCCCCCC)C(=O)O.[K]. The van der Waals surface area contributed by atoms with E-state index < -0.39 is 12.3 Å². The first-order chi connectivity index (χ1) is 8.50. The number of hydrogen-bond acceptors (Lipinski definition) is 1. The van der Waals surface area contributed by atoms with E-state index in [1.165, 1.54) is 44.9 Å². The molecule has 2 nitrogen and oxygen atoms in total. The molecule has 17 heavy (non-hydrogen) atoms. The fourth-order valence-electron chi connectivity index (χ4n) is 1.81. The monoisotopic (exact) mass is 269 g/mol. The van der Waals surface area contributed by atoms with Crippen LogP contribution in [0.3, 0.4) is 0 Å². The van der Waals surface area contributed by atoms with Crippen LogP contribution in [0.25, 0.3) is 0 Å². The van der Waals surface area contributed by atoms with Gasteiger partial charge in [-0.1, -0.05) is 71.1 Å². The summed E-state index contributed by atoms with van der Waals surface area (Å²) in [5.74, 6) is -1.33. The van der Waals surface area contributed by atoms with E-state index in [9.17, 15) is 4.79 Å². The molecule has 0 amide bonds. The summed E-state index contributed by atoms with van der Waals surface area (Å²) in [6.45, 7) is 2.22. The van der Waals surface area contributed by atoms with E-state index in [4.69, 9.17) is 7.85 Å². The first-order valence-electron chi connectivity index (χ1n) is 7.74. The van der Waals surface area contributed by atoms with Crippen LogP contribution in [-0.4, -0.2) is 62.5 Å². The molecular weight excluding hydrogens is 239 g/mol. The maximum atomic E-state index is 10.5. The zero-order chi connectivity index (χ0) is 13.9. The summed E-state index contributed by atoms with van der Waals surface area (Å²) < 4.78 is 14.5. The van der Waals surface area contributed by atoms with Gasteiger partial charge in [0.25, 0.3) is 0 Å². The minimum atomic E-state index is -2.04. The van der Waals surface area contributed by atoms with Gasteiger partial charge in [-0.3, -0.25) is 4.79 Å². The van der Waals surface area contributed by atoms with Crippen LogP contribution in [0.4, 0.5) is 0 Å². The molecule has 0 spiro atoms. The van der Waals surface area contributed by atoms with Crippen molar-refractivity contribution in [1.82, 2.24) is 0 Å². The fourth-order valence-corrected chi connectivity index (χ4v) is 1.81. The van der Waals surface area contributed by atoms with Gasteiger partial charge in [-0.05, 0) is 6.42 Å². The fraction of sp³-hybridized carbons (Fsp3) is 0.929. The van der Waals surface area contributed by atoms with Gasteiger partial charge in [-0.2, -0.15) is 0 Å². The minimum absolute atomic E-state index is 0. The summed E-state index contributed by atoms with van der Waals surface area (Å²) in [7, 11) is 0. The Morgan fingerprint density at radius 3 is 1.59 bits per heavy atom. The van der Waals surface area contributed by atoms with Crippen molar-refractivity contribution in [1.29, 1.82) is 0 Å². The van der Waals surface area contributed by atoms with Crippen LogP contribution in [0.15, 0.2) is 0 Å². The molecule has 0 rings (SSSR count). The average Bonchev–Trinajstić information content (AvgIpc) is 2.31. The van der Waals surface area contributed by atoms with Gasteiger partial charge < -0.3 is 5.11 Å². The van der Waals surface area contributed by atoms with Crippen LogP contribution in [0.5, 0.6) is 0 Å². The molecule has 0 aromatic rings. The number of carboxylic acids is 1. The van der Waals surface area contributed by atoms with E-state index in [0.29, 0.717) is 6.42 Å². The molecule has 0 atom stereocenters. The van der Waals surface area contributed by atoms with Crippen LogP contribution >= 0.6 is 0 Å². The van der Waals surface area contributed by atoms with E-state index in [1.54, 1.807) is 0 Å². The van der Waals surface area contributed by atoms with E-state index in [1.807, 2.05) is 0 Å². The Morgan fingerprint density at radius 2 is 1.24 bits per heavy atom. The molecule has 0 aromatic heterocycles. The van der Waals surface area contributed by atoms with Crippen molar-refractivity contribution in [2.75, 3.05) is 0 Å². The van der Waals surface area contributed by atoms with Crippen molar-refractivity contribution in [2.24, 2.45) is 0 Å². The van der Waals surface area contributed by atoms with Crippen molar-refractivity contribution in [3.63, 3.8) is 0 Å². The molecule has 0 unspecified atom stereocenters. The third-order valence-corrected chi connectivity index (χ3v) is 2.81. The quantitative estimate of drug-likeness (QED) is 0.421. The normalized spacial score (nSPS) is 12.5. The van der Waals surface area contributed by atoms with E-state index >= 15 is 0 Å². The maximum Gasteiger partial charge on any atom is 0.303 e. The summed E-state index contributed by atoms with van der Waals surface area (Å²) in [5, 5.41) is 8.61. The van der Waals surface area contributed by atoms with Crippen LogP contribution < -0.4 is 0 Å². The Labute approximate surface area is 152 Å². The summed E-state index contributed by atoms with van der Waals surface area (Å²) in [5.41, 5.74) is 0. The molecule has 0 saturated carbocycles. The molecule has 0 aromatic carbocycles. The molecule has 0 fully saturated rings. The zero-order valence-electron chi connectivity index (χ0n) is 13.6. The second kappa shape index (κ2) is 17.1. The first-order valence-corrected chi connectivity index (χ1v) is 6.74. The molecule has 0 aliphatic rings. The Balaban J connectivity index is 0. The molecule has 3 heteroatoms. The van der Waals surface area contributed by atoms with E-state index in [-0.39, 0.29) is 57.8 Å². The molecule has 0 aliphatic carbocycles. The van der Waals surface area contributed by atoms with Gasteiger partial charge in [-0.25, -0.2) is 0 Å². The first kappa shape index (κ1) is 16.2. The third kappa shape index (κ3) is 19.6. The van der Waals surface area contributed by atoms with Gasteiger partial charge in [0.1, 0.15) is 0 Å². The molecule has 97 valence electrons. The topological polar surface area (TPSA) is 37.3 Å². The number of hydrogen-bond donors (Lipinski definition) is 1. The molecule has 0 heterocycles. The van der Waals surface area contributed by atoms with Crippen LogP contribution in [0, 0.1) is 0 Å². The molecule has 1 radical (unpaired) electrons. The Morgan fingerprint density at radius 1 is 0.882 bits per heavy atom. The Bertz CT molecular complexity index is 223. The van der Waals surface area contributed by atoms with Gasteiger partial charge in [-0.15, -0.1) is 0 Å². The number of aliphatic carboxylic acids is 1. The molecular formula is C14H28KO2. The summed E-state index contributed by atoms with van der Waals surface area (Å²) in [4.78, 5) is 10.5. The number of carboxylic acid groups (broad SMARTS) is 1. The standard InChI is InChI=1S/C14H28O2.K/c1-2-3-4-5-6-7-8-9-10-11-12-13-14(15)16;/h2-13H2,1H3,(H,15,16);/i13D2;. The van der Waals surface area contributed by atoms with Crippen molar-refractivity contribution >= 4 is 57.4 Å². The summed E-state index contributed by atoms with van der Waals surface area (Å²) in [6, 6.07) is 0. The smallest absolute Gasteiger partial charge is 0.303 e. The predicted molar refractivity (Wildman–Crippen MR) is 74.5 cm³/mol. The van der Waals surface area contributed by atoms with Crippen molar-refractivity contribution in [3.8, 4) is 0 Å². The van der Waals surface area contributed by atoms with Gasteiger partial charge in [0.05, 0.1) is 0 Å². The average molecular weight is 269 g/mol. The van der Waals surface area contributed by atoms with Gasteiger partial charge in [0.2, 0.25) is 0 Å². The van der Waals surface area contributed by atoms with E-state index in [2.05, 4.69) is 6.92 Å². The molecule has 0 bridgehead atoms. The van der Waals surface area contributed by atoms with Crippen LogP contribution in [0.2, 0.25) is 0 Å². The summed E-state index contributed by atoms with van der Waals surface area (Å²) >= 11 is 0. The maximum absolute atomic E-state index is 10.5. The number of carbonyl (C=O) groups is 1. The zero-order valence-corrected chi connectivity index (χ0v) is 14.8. The third-order valence-electron chi connectivity index (χ3n) is 2.81. The Hall–Kier alpha value is 1.11. The largest absolute Gasteiger partial charge is 0.481 e. The van der Waals surface area contributed by atoms with Crippen molar-refractivity contribution in [2.45, 2.75) is 83.9 Å². The van der Waals surface area contributed by atoms with Crippen molar-refractivity contribution in [3.05, 3.63) is 0 Å². The van der Waals surface area contributed by atoms with Gasteiger partial charge >= 0.3 is 5.97 Å². The van der Waals surface area contributed by atoms with Crippen molar-refractivity contribution < 1.29 is 12.6 Å². The second-order valence-corrected chi connectivity index (χ2v) is 4.41. The minimum Gasteiger partial charge on any atom is -0.481 e. The molecule has 0 aliphatic heterocycles. The van der Waals surface area contributed by atoms with E-state index in [0.717, 1.165) is 12.8 Å². The van der Waals surface area contributed by atoms with Crippen LogP contribution in [0.1, 0.15) is 86.7 Å².